The number of carbonyl (C=O) groups is 4. The summed E-state index contributed by atoms with van der Waals surface area (Å²) >= 11 is 0. The number of hydrogen-bond acceptors (Lipinski definition) is 13. The average molecular weight is 823 g/mol. The lowest BCUT2D eigenvalue weighted by Crippen LogP contribution is -2.68. The predicted molar refractivity (Wildman–Crippen MR) is 199 cm³/mol. The lowest BCUT2D eigenvalue weighted by molar-refractivity contribution is -0.371. The fourth-order valence-corrected chi connectivity index (χ4v) is 13.4. The van der Waals surface area contributed by atoms with Crippen LogP contribution in [0.2, 0.25) is 0 Å². The van der Waals surface area contributed by atoms with E-state index in [1.807, 2.05) is 26.8 Å². The van der Waals surface area contributed by atoms with Crippen molar-refractivity contribution < 1.29 is 79.0 Å². The van der Waals surface area contributed by atoms with Crippen LogP contribution < -0.4 is 0 Å². The molecule has 0 aromatic rings. The molecule has 5 aliphatic carbocycles. The minimum atomic E-state index is -2.05. The number of carboxylic acids is 3. The summed E-state index contributed by atoms with van der Waals surface area (Å²) in [5, 5.41) is 83.0. The molecule has 0 amide bonds. The molecule has 0 aromatic heterocycles. The minimum Gasteiger partial charge on any atom is -0.481 e. The number of rotatable bonds is 7. The van der Waals surface area contributed by atoms with Crippen LogP contribution in [-0.4, -0.2) is 132 Å². The Bertz CT molecular complexity index is 1730. The van der Waals surface area contributed by atoms with Crippen molar-refractivity contribution in [1.29, 1.82) is 0 Å². The highest BCUT2D eigenvalue weighted by Gasteiger charge is 2.71. The van der Waals surface area contributed by atoms with Crippen molar-refractivity contribution in [3.05, 3.63) is 11.6 Å². The van der Waals surface area contributed by atoms with E-state index in [9.17, 15) is 60.0 Å². The maximum absolute atomic E-state index is 14.8. The molecule has 4 saturated carbocycles. The van der Waals surface area contributed by atoms with Gasteiger partial charge in [-0.2, -0.15) is 0 Å². The number of hydrogen-bond donors (Lipinski definition) is 8. The maximum atomic E-state index is 14.8. The third kappa shape index (κ3) is 6.25. The van der Waals surface area contributed by atoms with Gasteiger partial charge in [-0.05, 0) is 110 Å². The zero-order valence-corrected chi connectivity index (χ0v) is 34.4. The van der Waals surface area contributed by atoms with Gasteiger partial charge in [0.1, 0.15) is 36.6 Å². The monoisotopic (exact) mass is 822 g/mol. The van der Waals surface area contributed by atoms with Gasteiger partial charge < -0.3 is 59.8 Å². The van der Waals surface area contributed by atoms with Gasteiger partial charge in [0.15, 0.2) is 30.6 Å². The molecule has 0 radical (unpaired) electrons. The van der Waals surface area contributed by atoms with Gasteiger partial charge in [0.25, 0.3) is 0 Å². The second-order valence-electron chi connectivity index (χ2n) is 20.6. The Labute approximate surface area is 337 Å². The minimum absolute atomic E-state index is 0.0217. The van der Waals surface area contributed by atoms with E-state index >= 15 is 0 Å². The maximum Gasteiger partial charge on any atom is 0.335 e. The number of carboxylic acid groups (broad SMARTS) is 3. The summed E-state index contributed by atoms with van der Waals surface area (Å²) in [5.74, 6) is -4.47. The molecule has 7 aliphatic rings. The van der Waals surface area contributed by atoms with Crippen LogP contribution in [0.15, 0.2) is 11.6 Å². The Morgan fingerprint density at radius 3 is 1.88 bits per heavy atom. The highest BCUT2D eigenvalue weighted by atomic mass is 16.8. The number of aliphatic hydroxyl groups excluding tert-OH is 5. The lowest BCUT2D eigenvalue weighted by atomic mass is 9.33. The molecule has 19 atom stereocenters. The molecule has 0 bridgehead atoms. The number of ketones is 1. The number of fused-ring (bicyclic) bond motifs is 7. The quantitative estimate of drug-likeness (QED) is 0.171. The molecule has 0 spiro atoms. The Morgan fingerprint density at radius 2 is 1.28 bits per heavy atom. The zero-order chi connectivity index (χ0) is 42.9. The second kappa shape index (κ2) is 14.3. The van der Waals surface area contributed by atoms with Gasteiger partial charge in [-0.3, -0.25) is 9.59 Å². The van der Waals surface area contributed by atoms with Crippen molar-refractivity contribution in [2.45, 2.75) is 174 Å². The van der Waals surface area contributed by atoms with E-state index in [1.54, 1.807) is 0 Å². The van der Waals surface area contributed by atoms with Crippen molar-refractivity contribution in [2.24, 2.45) is 50.2 Å². The average Bonchev–Trinajstić information content (AvgIpc) is 3.13. The highest BCUT2D eigenvalue weighted by molar-refractivity contribution is 5.95. The first-order chi connectivity index (χ1) is 26.8. The Kier molecular flexibility index (Phi) is 10.7. The summed E-state index contributed by atoms with van der Waals surface area (Å²) in [6.07, 6.45) is -12.2. The largest absolute Gasteiger partial charge is 0.481 e. The summed E-state index contributed by atoms with van der Waals surface area (Å²) in [4.78, 5) is 51.3. The van der Waals surface area contributed by atoms with Gasteiger partial charge >= 0.3 is 17.9 Å². The van der Waals surface area contributed by atoms with Crippen LogP contribution in [-0.2, 0) is 38.1 Å². The SMILES string of the molecule is CC1(C)[C@H](O[C@@H]2O[C@H](C(=O)O)[C@@H](O)[C@H](O)[C@H]2O[C@@H]2O[C@H](C(=O)O)[C@@H](O)[C@H](O)[C@H]2O)CC[C@]2(C)[C@H]3C(=O)C=C4[C@@H]5C[C@@](C)(C(=O)O)CC[C@]5(C)CC[C@@]4(C)[C@]3(C)CC[C@@H]12. The van der Waals surface area contributed by atoms with E-state index in [4.69, 9.17) is 18.9 Å². The van der Waals surface area contributed by atoms with E-state index in [2.05, 4.69) is 27.7 Å². The summed E-state index contributed by atoms with van der Waals surface area (Å²) in [7, 11) is 0. The third-order valence-corrected chi connectivity index (χ3v) is 17.2. The first-order valence-electron chi connectivity index (χ1n) is 20.7. The van der Waals surface area contributed by atoms with E-state index in [1.165, 1.54) is 0 Å². The Balaban J connectivity index is 1.17. The fraction of sp³-hybridized carbons (Fsp3) is 0.857. The smallest absolute Gasteiger partial charge is 0.335 e. The number of allylic oxidation sites excluding steroid dienone is 2. The summed E-state index contributed by atoms with van der Waals surface area (Å²) < 4.78 is 23.4. The molecular weight excluding hydrogens is 760 g/mol. The molecule has 6 fully saturated rings. The van der Waals surface area contributed by atoms with Gasteiger partial charge in [0.2, 0.25) is 0 Å². The first-order valence-corrected chi connectivity index (χ1v) is 20.7. The lowest BCUT2D eigenvalue weighted by Gasteiger charge is -2.70. The number of carbonyl (C=O) groups excluding carboxylic acids is 1. The molecule has 0 unspecified atom stereocenters. The zero-order valence-electron chi connectivity index (χ0n) is 34.4. The van der Waals surface area contributed by atoms with Gasteiger partial charge in [-0.25, -0.2) is 9.59 Å². The van der Waals surface area contributed by atoms with Crippen LogP contribution in [0.4, 0.5) is 0 Å². The molecule has 16 heteroatoms. The molecule has 2 aliphatic heterocycles. The molecule has 326 valence electrons. The number of aliphatic hydroxyl groups is 5. The van der Waals surface area contributed by atoms with E-state index in [0.717, 1.165) is 37.7 Å². The van der Waals surface area contributed by atoms with Crippen LogP contribution in [0.5, 0.6) is 0 Å². The van der Waals surface area contributed by atoms with Crippen molar-refractivity contribution in [3.8, 4) is 0 Å². The van der Waals surface area contributed by atoms with Crippen LogP contribution >= 0.6 is 0 Å². The molecule has 0 aromatic carbocycles. The molecule has 16 nitrogen and oxygen atoms in total. The fourth-order valence-electron chi connectivity index (χ4n) is 13.4. The topological polar surface area (TPSA) is 267 Å². The van der Waals surface area contributed by atoms with Crippen molar-refractivity contribution in [3.63, 3.8) is 0 Å². The molecular formula is C42H62O16. The molecule has 8 N–H and O–H groups in total. The normalized spacial score (nSPS) is 52.6. The summed E-state index contributed by atoms with van der Waals surface area (Å²) in [6.45, 7) is 14.8. The van der Waals surface area contributed by atoms with Crippen LogP contribution in [0.1, 0.15) is 106 Å². The van der Waals surface area contributed by atoms with Crippen LogP contribution in [0, 0.1) is 50.2 Å². The van der Waals surface area contributed by atoms with E-state index in [0.29, 0.717) is 25.7 Å². The van der Waals surface area contributed by atoms with Gasteiger partial charge in [-0.15, -0.1) is 0 Å². The molecule has 2 heterocycles. The molecule has 58 heavy (non-hydrogen) atoms. The number of aliphatic carboxylic acids is 3. The van der Waals surface area contributed by atoms with E-state index < -0.39 is 107 Å². The van der Waals surface area contributed by atoms with Crippen LogP contribution in [0.3, 0.4) is 0 Å². The predicted octanol–water partition coefficient (Wildman–Crippen LogP) is 2.25. The summed E-state index contributed by atoms with van der Waals surface area (Å²) in [5.41, 5.74) is -1.81. The van der Waals surface area contributed by atoms with Crippen molar-refractivity contribution in [2.75, 3.05) is 0 Å². The van der Waals surface area contributed by atoms with Crippen molar-refractivity contribution in [1.82, 2.24) is 0 Å². The van der Waals surface area contributed by atoms with Crippen LogP contribution in [0.25, 0.3) is 0 Å². The Morgan fingerprint density at radius 1 is 0.690 bits per heavy atom. The standard InChI is InChI=1S/C42H62O16/c1-37(2)21-8-11-42(7)31(20(43)16-18-19-17-39(4,36(53)54)13-12-38(19,3)14-15-41(18,42)6)40(21,5)10-9-22(37)55-35-30(26(47)25(46)29(57-35)33(51)52)58-34-27(48)23(44)24(45)28(56-34)32(49)50/h16,19,21-31,34-35,44-48H,8-15,17H2,1-7H3,(H,49,50)(H,51,52)(H,53,54)/t19-,21-,22+,23-,24-,25-,26-,27+,28-,29-,30+,31+,34-,35+,38+,39-,40-,41+,42+/m0/s1. The Hall–Kier alpha value is -2.54. The van der Waals surface area contributed by atoms with Gasteiger partial charge in [0, 0.05) is 5.92 Å². The first kappa shape index (κ1) is 43.5. The second-order valence-corrected chi connectivity index (χ2v) is 20.6. The molecule has 2 saturated heterocycles. The number of ether oxygens (including phenoxy) is 4. The van der Waals surface area contributed by atoms with E-state index in [-0.39, 0.29) is 34.4 Å². The third-order valence-electron chi connectivity index (χ3n) is 17.2. The molecule has 7 rings (SSSR count). The van der Waals surface area contributed by atoms with Gasteiger partial charge in [-0.1, -0.05) is 47.1 Å². The van der Waals surface area contributed by atoms with Gasteiger partial charge in [0.05, 0.1) is 11.5 Å². The van der Waals surface area contributed by atoms with Crippen molar-refractivity contribution >= 4 is 23.7 Å². The summed E-state index contributed by atoms with van der Waals surface area (Å²) in [6, 6.07) is 0. The highest BCUT2D eigenvalue weighted by Crippen LogP contribution is 2.75.